The molecular weight excluding hydrogens is 312 g/mol. The first-order chi connectivity index (χ1) is 11.3. The second-order valence-electron chi connectivity index (χ2n) is 5.70. The molecule has 23 heavy (non-hydrogen) atoms. The van der Waals surface area contributed by atoms with Crippen molar-refractivity contribution in [3.63, 3.8) is 0 Å². The first-order valence-corrected chi connectivity index (χ1v) is 8.07. The van der Waals surface area contributed by atoms with Crippen molar-refractivity contribution < 1.29 is 4.42 Å². The van der Waals surface area contributed by atoms with Crippen molar-refractivity contribution in [2.75, 3.05) is 31.1 Å². The summed E-state index contributed by atoms with van der Waals surface area (Å²) in [5, 5.41) is 1.75. The van der Waals surface area contributed by atoms with Gasteiger partial charge in [-0.2, -0.15) is 0 Å². The maximum absolute atomic E-state index is 6.05. The number of piperazine rings is 1. The molecule has 0 atom stereocenters. The molecule has 1 aliphatic heterocycles. The molecule has 0 spiro atoms. The zero-order valence-electron chi connectivity index (χ0n) is 12.7. The van der Waals surface area contributed by atoms with Gasteiger partial charge in [0.2, 0.25) is 0 Å². The van der Waals surface area contributed by atoms with Crippen LogP contribution < -0.4 is 4.90 Å². The molecule has 1 aromatic carbocycles. The van der Waals surface area contributed by atoms with Crippen LogP contribution in [0.15, 0.2) is 47.3 Å². The minimum atomic E-state index is 0.699. The van der Waals surface area contributed by atoms with Crippen molar-refractivity contribution in [2.45, 2.75) is 6.54 Å². The SMILES string of the molecule is Clc1ccc2c(N3CCN(Cc4ccco4)CC3)ncnc2c1. The minimum absolute atomic E-state index is 0.699. The van der Waals surface area contributed by atoms with E-state index in [0.29, 0.717) is 5.02 Å². The molecule has 2 aromatic heterocycles. The summed E-state index contributed by atoms with van der Waals surface area (Å²) in [6, 6.07) is 9.74. The summed E-state index contributed by atoms with van der Waals surface area (Å²) in [5.41, 5.74) is 0.889. The number of nitrogens with zero attached hydrogens (tertiary/aromatic N) is 4. The molecule has 6 heteroatoms. The highest BCUT2D eigenvalue weighted by Gasteiger charge is 2.20. The van der Waals surface area contributed by atoms with Gasteiger partial charge in [0.15, 0.2) is 0 Å². The van der Waals surface area contributed by atoms with Crippen molar-refractivity contribution in [1.82, 2.24) is 14.9 Å². The minimum Gasteiger partial charge on any atom is -0.468 e. The van der Waals surface area contributed by atoms with Gasteiger partial charge in [0.1, 0.15) is 17.9 Å². The number of benzene rings is 1. The van der Waals surface area contributed by atoms with Crippen LogP contribution in [-0.4, -0.2) is 41.0 Å². The van der Waals surface area contributed by atoms with E-state index in [1.807, 2.05) is 30.3 Å². The number of halogens is 1. The molecule has 1 aliphatic rings. The Bertz CT molecular complexity index is 797. The van der Waals surface area contributed by atoms with Gasteiger partial charge in [-0.3, -0.25) is 4.90 Å². The molecule has 0 aliphatic carbocycles. The summed E-state index contributed by atoms with van der Waals surface area (Å²) >= 11 is 6.05. The fourth-order valence-corrected chi connectivity index (χ4v) is 3.18. The molecule has 3 heterocycles. The Hall–Kier alpha value is -2.11. The van der Waals surface area contributed by atoms with Crippen LogP contribution in [0.5, 0.6) is 0 Å². The van der Waals surface area contributed by atoms with E-state index >= 15 is 0 Å². The van der Waals surface area contributed by atoms with E-state index in [9.17, 15) is 0 Å². The van der Waals surface area contributed by atoms with Crippen LogP contribution in [0.2, 0.25) is 5.02 Å². The van der Waals surface area contributed by atoms with Crippen LogP contribution in [0.4, 0.5) is 5.82 Å². The van der Waals surface area contributed by atoms with E-state index in [1.165, 1.54) is 0 Å². The lowest BCUT2D eigenvalue weighted by atomic mass is 10.2. The highest BCUT2D eigenvalue weighted by molar-refractivity contribution is 6.31. The molecule has 0 unspecified atom stereocenters. The summed E-state index contributed by atoms with van der Waals surface area (Å²) in [6.45, 7) is 4.71. The van der Waals surface area contributed by atoms with E-state index in [2.05, 4.69) is 19.8 Å². The van der Waals surface area contributed by atoms with Crippen molar-refractivity contribution in [2.24, 2.45) is 0 Å². The van der Waals surface area contributed by atoms with Gasteiger partial charge in [-0.05, 0) is 30.3 Å². The Kier molecular flexibility index (Phi) is 3.89. The number of aromatic nitrogens is 2. The van der Waals surface area contributed by atoms with Gasteiger partial charge in [0.25, 0.3) is 0 Å². The Morgan fingerprint density at radius 3 is 2.74 bits per heavy atom. The van der Waals surface area contributed by atoms with Gasteiger partial charge in [-0.15, -0.1) is 0 Å². The Morgan fingerprint density at radius 2 is 1.96 bits per heavy atom. The highest BCUT2D eigenvalue weighted by Crippen LogP contribution is 2.26. The van der Waals surface area contributed by atoms with E-state index in [0.717, 1.165) is 55.2 Å². The largest absolute Gasteiger partial charge is 0.468 e. The second-order valence-corrected chi connectivity index (χ2v) is 6.14. The zero-order valence-corrected chi connectivity index (χ0v) is 13.4. The molecule has 1 fully saturated rings. The zero-order chi connectivity index (χ0) is 15.6. The van der Waals surface area contributed by atoms with Gasteiger partial charge < -0.3 is 9.32 Å². The third-order valence-electron chi connectivity index (χ3n) is 4.21. The fraction of sp³-hybridized carbons (Fsp3) is 0.294. The third-order valence-corrected chi connectivity index (χ3v) is 4.44. The van der Waals surface area contributed by atoms with E-state index in [1.54, 1.807) is 12.6 Å². The first-order valence-electron chi connectivity index (χ1n) is 7.69. The Labute approximate surface area is 139 Å². The number of rotatable bonds is 3. The van der Waals surface area contributed by atoms with Crippen LogP contribution in [0.3, 0.4) is 0 Å². The van der Waals surface area contributed by atoms with E-state index < -0.39 is 0 Å². The standard InChI is InChI=1S/C17H17ClN4O/c18-13-3-4-15-16(10-13)19-12-20-17(15)22-7-5-21(6-8-22)11-14-2-1-9-23-14/h1-4,9-10,12H,5-8,11H2. The third kappa shape index (κ3) is 3.02. The van der Waals surface area contributed by atoms with E-state index in [-0.39, 0.29) is 0 Å². The maximum atomic E-state index is 6.05. The maximum Gasteiger partial charge on any atom is 0.139 e. The van der Waals surface area contributed by atoms with Crippen LogP contribution in [-0.2, 0) is 6.54 Å². The summed E-state index contributed by atoms with van der Waals surface area (Å²) in [7, 11) is 0. The smallest absolute Gasteiger partial charge is 0.139 e. The van der Waals surface area contributed by atoms with Crippen LogP contribution in [0.1, 0.15) is 5.76 Å². The molecule has 5 nitrogen and oxygen atoms in total. The summed E-state index contributed by atoms with van der Waals surface area (Å²) in [6.07, 6.45) is 3.34. The molecule has 0 radical (unpaired) electrons. The Morgan fingerprint density at radius 1 is 1.09 bits per heavy atom. The van der Waals surface area contributed by atoms with E-state index in [4.69, 9.17) is 16.0 Å². The first kappa shape index (κ1) is 14.5. The van der Waals surface area contributed by atoms with Crippen molar-refractivity contribution in [3.8, 4) is 0 Å². The molecule has 118 valence electrons. The average molecular weight is 329 g/mol. The van der Waals surface area contributed by atoms with Crippen LogP contribution >= 0.6 is 11.6 Å². The highest BCUT2D eigenvalue weighted by atomic mass is 35.5. The number of hydrogen-bond acceptors (Lipinski definition) is 5. The molecule has 0 amide bonds. The number of furan rings is 1. The van der Waals surface area contributed by atoms with Gasteiger partial charge in [-0.1, -0.05) is 11.6 Å². The molecular formula is C17H17ClN4O. The quantitative estimate of drug-likeness (QED) is 0.739. The Balaban J connectivity index is 1.50. The van der Waals surface area contributed by atoms with Crippen molar-refractivity contribution in [1.29, 1.82) is 0 Å². The van der Waals surface area contributed by atoms with Crippen LogP contribution in [0.25, 0.3) is 10.9 Å². The van der Waals surface area contributed by atoms with Crippen molar-refractivity contribution in [3.05, 3.63) is 53.7 Å². The average Bonchev–Trinajstić information content (AvgIpc) is 3.08. The monoisotopic (exact) mass is 328 g/mol. The molecule has 1 saturated heterocycles. The predicted octanol–water partition coefficient (Wildman–Crippen LogP) is 3.20. The topological polar surface area (TPSA) is 45.4 Å². The van der Waals surface area contributed by atoms with Gasteiger partial charge in [0.05, 0.1) is 18.3 Å². The van der Waals surface area contributed by atoms with Gasteiger partial charge in [0, 0.05) is 36.6 Å². The molecule has 0 saturated carbocycles. The second kappa shape index (κ2) is 6.18. The number of anilines is 1. The molecule has 3 aromatic rings. The van der Waals surface area contributed by atoms with Gasteiger partial charge in [-0.25, -0.2) is 9.97 Å². The fourth-order valence-electron chi connectivity index (χ4n) is 3.01. The predicted molar refractivity (Wildman–Crippen MR) is 90.7 cm³/mol. The summed E-state index contributed by atoms with van der Waals surface area (Å²) in [4.78, 5) is 13.5. The van der Waals surface area contributed by atoms with Crippen LogP contribution in [0, 0.1) is 0 Å². The lowest BCUT2D eigenvalue weighted by Crippen LogP contribution is -2.46. The summed E-state index contributed by atoms with van der Waals surface area (Å²) < 4.78 is 5.43. The number of hydrogen-bond donors (Lipinski definition) is 0. The van der Waals surface area contributed by atoms with Crippen molar-refractivity contribution >= 4 is 28.3 Å². The molecule has 0 N–H and O–H groups in total. The number of fused-ring (bicyclic) bond motifs is 1. The molecule has 0 bridgehead atoms. The molecule has 4 rings (SSSR count). The normalized spacial score (nSPS) is 16.1. The lowest BCUT2D eigenvalue weighted by Gasteiger charge is -2.35. The summed E-state index contributed by atoms with van der Waals surface area (Å²) in [5.74, 6) is 2.00. The van der Waals surface area contributed by atoms with Gasteiger partial charge >= 0.3 is 0 Å². The lowest BCUT2D eigenvalue weighted by molar-refractivity contribution is 0.230.